The van der Waals surface area contributed by atoms with Gasteiger partial charge in [0.25, 0.3) is 0 Å². The molecule has 0 heterocycles. The number of hydrogen-bond acceptors (Lipinski definition) is 4. The number of nitrogens with one attached hydrogen (secondary N) is 1. The van der Waals surface area contributed by atoms with Crippen molar-refractivity contribution in [3.05, 3.63) is 92.9 Å². The Labute approximate surface area is 214 Å². The summed E-state index contributed by atoms with van der Waals surface area (Å²) < 4.78 is 90.6. The van der Waals surface area contributed by atoms with E-state index in [-0.39, 0.29) is 16.9 Å². The molecule has 0 aromatic heterocycles. The van der Waals surface area contributed by atoms with Crippen molar-refractivity contribution in [2.24, 2.45) is 0 Å². The number of hydrogen-bond donors (Lipinski definition) is 1. The highest BCUT2D eigenvalue weighted by Crippen LogP contribution is 2.43. The van der Waals surface area contributed by atoms with Gasteiger partial charge < -0.3 is 14.8 Å². The largest absolute Gasteiger partial charge is 0.488 e. The van der Waals surface area contributed by atoms with Crippen LogP contribution in [0.15, 0.2) is 59.3 Å². The molecule has 0 bridgehead atoms. The summed E-state index contributed by atoms with van der Waals surface area (Å²) in [6.45, 7) is 0.830. The molecule has 4 nitrogen and oxygen atoms in total. The highest BCUT2D eigenvalue weighted by atomic mass is 35.5. The van der Waals surface area contributed by atoms with Crippen molar-refractivity contribution in [2.75, 3.05) is 7.11 Å². The van der Waals surface area contributed by atoms with Crippen LogP contribution < -0.4 is 10.1 Å². The molecule has 1 aliphatic carbocycles. The molecule has 11 heteroatoms. The van der Waals surface area contributed by atoms with Crippen molar-refractivity contribution < 1.29 is 40.6 Å². The van der Waals surface area contributed by atoms with Crippen LogP contribution in [-0.4, -0.2) is 19.4 Å². The second-order valence-electron chi connectivity index (χ2n) is 8.15. The van der Waals surface area contributed by atoms with E-state index < -0.39 is 41.9 Å². The van der Waals surface area contributed by atoms with E-state index in [1.807, 2.05) is 0 Å². The van der Waals surface area contributed by atoms with Crippen LogP contribution in [0.5, 0.6) is 5.75 Å². The molecule has 0 atom stereocenters. The number of esters is 1. The zero-order valence-corrected chi connectivity index (χ0v) is 20.5. The number of alkyl halides is 3. The maximum absolute atomic E-state index is 14.1. The van der Waals surface area contributed by atoms with Crippen molar-refractivity contribution in [3.63, 3.8) is 0 Å². The van der Waals surface area contributed by atoms with Crippen LogP contribution >= 0.6 is 11.6 Å². The molecule has 0 fully saturated rings. The molecule has 0 radical (unpaired) electrons. The number of methoxy groups -OCH3 is 1. The number of allylic oxidation sites excluding steroid dienone is 4. The third kappa shape index (κ3) is 7.31. The first-order valence-electron chi connectivity index (χ1n) is 11.0. The minimum absolute atomic E-state index is 0.0707. The SMILES string of the molecule is COC(=O)/C(C)=C/C(=C\NC(F)(F)F)C1=C(c2cc(Cl)ccc2OCc2c(F)cc(F)cc2F)CCC1. The maximum atomic E-state index is 14.1. The third-order valence-electron chi connectivity index (χ3n) is 5.58. The van der Waals surface area contributed by atoms with E-state index in [1.165, 1.54) is 36.5 Å². The van der Waals surface area contributed by atoms with Crippen molar-refractivity contribution in [3.8, 4) is 5.75 Å². The fraction of sp³-hybridized carbons (Fsp3) is 0.269. The molecule has 37 heavy (non-hydrogen) atoms. The summed E-state index contributed by atoms with van der Waals surface area (Å²) in [5.74, 6) is -3.87. The van der Waals surface area contributed by atoms with E-state index in [0.29, 0.717) is 53.1 Å². The summed E-state index contributed by atoms with van der Waals surface area (Å²) in [7, 11) is 1.15. The molecule has 0 amide bonds. The first-order chi connectivity index (χ1) is 17.4. The molecule has 2 aromatic carbocycles. The lowest BCUT2D eigenvalue weighted by atomic mass is 9.95. The minimum Gasteiger partial charge on any atom is -0.488 e. The molecule has 2 aromatic rings. The summed E-state index contributed by atoms with van der Waals surface area (Å²) in [4.78, 5) is 11.9. The fourth-order valence-electron chi connectivity index (χ4n) is 3.91. The van der Waals surface area contributed by atoms with Crippen molar-refractivity contribution in [1.82, 2.24) is 5.32 Å². The van der Waals surface area contributed by atoms with Crippen molar-refractivity contribution in [2.45, 2.75) is 39.1 Å². The lowest BCUT2D eigenvalue weighted by Gasteiger charge is -2.17. The summed E-state index contributed by atoms with van der Waals surface area (Å²) in [5.41, 5.74) is 1.16. The Balaban J connectivity index is 2.07. The zero-order chi connectivity index (χ0) is 27.3. The van der Waals surface area contributed by atoms with Crippen LogP contribution in [0.25, 0.3) is 5.57 Å². The molecule has 198 valence electrons. The number of carbonyl (C=O) groups is 1. The Morgan fingerprint density at radius 2 is 1.78 bits per heavy atom. The van der Waals surface area contributed by atoms with Gasteiger partial charge in [0.05, 0.1) is 12.7 Å². The Morgan fingerprint density at radius 1 is 1.11 bits per heavy atom. The molecule has 0 aliphatic heterocycles. The predicted octanol–water partition coefficient (Wildman–Crippen LogP) is 7.39. The van der Waals surface area contributed by atoms with Gasteiger partial charge >= 0.3 is 12.3 Å². The van der Waals surface area contributed by atoms with Gasteiger partial charge in [-0.15, -0.1) is 0 Å². The lowest BCUT2D eigenvalue weighted by molar-refractivity contribution is -0.147. The topological polar surface area (TPSA) is 47.6 Å². The molecule has 0 unspecified atom stereocenters. The summed E-state index contributed by atoms with van der Waals surface area (Å²) in [6.07, 6.45) is -1.31. The van der Waals surface area contributed by atoms with E-state index >= 15 is 0 Å². The molecular formula is C26H22ClF6NO3. The molecule has 1 aliphatic rings. The summed E-state index contributed by atoms with van der Waals surface area (Å²) >= 11 is 6.18. The normalized spacial score (nSPS) is 14.7. The van der Waals surface area contributed by atoms with Gasteiger partial charge in [-0.3, -0.25) is 0 Å². The number of benzene rings is 2. The summed E-state index contributed by atoms with van der Waals surface area (Å²) in [6, 6.07) is 5.54. The van der Waals surface area contributed by atoms with Gasteiger partial charge in [-0.05, 0) is 67.2 Å². The Kier molecular flexibility index (Phi) is 8.96. The Morgan fingerprint density at radius 3 is 2.41 bits per heavy atom. The van der Waals surface area contributed by atoms with Gasteiger partial charge in [0, 0.05) is 34.5 Å². The summed E-state index contributed by atoms with van der Waals surface area (Å²) in [5, 5.41) is 1.65. The van der Waals surface area contributed by atoms with Gasteiger partial charge in [-0.1, -0.05) is 11.6 Å². The van der Waals surface area contributed by atoms with Gasteiger partial charge in [0.15, 0.2) is 0 Å². The average molecular weight is 546 g/mol. The second kappa shape index (κ2) is 11.8. The zero-order valence-electron chi connectivity index (χ0n) is 19.7. The molecule has 1 N–H and O–H groups in total. The number of halogens is 7. The molecule has 0 saturated carbocycles. The van der Waals surface area contributed by atoms with E-state index in [9.17, 15) is 31.1 Å². The van der Waals surface area contributed by atoms with E-state index in [2.05, 4.69) is 4.74 Å². The van der Waals surface area contributed by atoms with E-state index in [4.69, 9.17) is 16.3 Å². The lowest BCUT2D eigenvalue weighted by Crippen LogP contribution is -2.26. The highest BCUT2D eigenvalue weighted by Gasteiger charge is 2.27. The number of carbonyl (C=O) groups excluding carboxylic acids is 1. The van der Waals surface area contributed by atoms with Gasteiger partial charge in [-0.25, -0.2) is 18.0 Å². The van der Waals surface area contributed by atoms with Gasteiger partial charge in [0.2, 0.25) is 0 Å². The van der Waals surface area contributed by atoms with Crippen LogP contribution in [0.2, 0.25) is 5.02 Å². The van der Waals surface area contributed by atoms with Gasteiger partial charge in [-0.2, -0.15) is 13.2 Å². The standard InChI is InChI=1S/C26H22ClF6NO3/c1-14(25(35)36-2)8-15(12-34-26(31,32)33)18-4-3-5-19(18)20-9-16(27)6-7-24(20)37-13-21-22(29)10-17(28)11-23(21)30/h6-12,34H,3-5,13H2,1-2H3/b14-8+,15-12+. The first kappa shape index (κ1) is 28.2. The average Bonchev–Trinajstić information content (AvgIpc) is 3.30. The van der Waals surface area contributed by atoms with E-state index in [0.717, 1.165) is 13.3 Å². The monoisotopic (exact) mass is 545 g/mol. The number of ether oxygens (including phenoxy) is 2. The highest BCUT2D eigenvalue weighted by molar-refractivity contribution is 6.30. The van der Waals surface area contributed by atoms with Gasteiger partial charge in [0.1, 0.15) is 29.8 Å². The molecule has 0 saturated heterocycles. The van der Waals surface area contributed by atoms with Crippen LogP contribution in [0.3, 0.4) is 0 Å². The Hall–Kier alpha value is -3.40. The Bertz CT molecular complexity index is 1260. The van der Waals surface area contributed by atoms with Crippen LogP contribution in [-0.2, 0) is 16.1 Å². The van der Waals surface area contributed by atoms with Crippen LogP contribution in [0, 0.1) is 17.5 Å². The molecular weight excluding hydrogens is 524 g/mol. The fourth-order valence-corrected chi connectivity index (χ4v) is 4.08. The van der Waals surface area contributed by atoms with Crippen LogP contribution in [0.4, 0.5) is 26.3 Å². The van der Waals surface area contributed by atoms with Crippen molar-refractivity contribution in [1.29, 1.82) is 0 Å². The smallest absolute Gasteiger partial charge is 0.481 e. The minimum atomic E-state index is -4.72. The molecule has 0 spiro atoms. The second-order valence-corrected chi connectivity index (χ2v) is 8.58. The third-order valence-corrected chi connectivity index (χ3v) is 5.82. The quantitative estimate of drug-likeness (QED) is 0.124. The molecule has 3 rings (SSSR count). The van der Waals surface area contributed by atoms with Crippen molar-refractivity contribution >= 4 is 23.1 Å². The van der Waals surface area contributed by atoms with E-state index in [1.54, 1.807) is 0 Å². The number of rotatable bonds is 8. The predicted molar refractivity (Wildman–Crippen MR) is 126 cm³/mol. The van der Waals surface area contributed by atoms with Crippen LogP contribution in [0.1, 0.15) is 37.3 Å². The first-order valence-corrected chi connectivity index (χ1v) is 11.4. The maximum Gasteiger partial charge on any atom is 0.481 e.